The number of hydrogen-bond donors (Lipinski definition) is 1. The fourth-order valence-electron chi connectivity index (χ4n) is 1.98. The molecule has 0 rings (SSSR count). The third kappa shape index (κ3) is 10.3. The van der Waals surface area contributed by atoms with Crippen molar-refractivity contribution in [2.45, 2.75) is 84.7 Å². The second-order valence-electron chi connectivity index (χ2n) is 5.56. The molecule has 0 fully saturated rings. The normalized spacial score (nSPS) is 13.2. The molecule has 0 spiro atoms. The molecule has 7 nitrogen and oxygen atoms in total. The van der Waals surface area contributed by atoms with E-state index >= 15 is 0 Å². The van der Waals surface area contributed by atoms with Crippen LogP contribution >= 0.6 is 0 Å². The Morgan fingerprint density at radius 3 is 1.83 bits per heavy atom. The number of hydrogen-bond acceptors (Lipinski definition) is 6. The summed E-state index contributed by atoms with van der Waals surface area (Å²) in [6.45, 7) is 9.41. The average Bonchev–Trinajstić information content (AvgIpc) is 2.57. The summed E-state index contributed by atoms with van der Waals surface area (Å²) < 4.78 is 42.2. The molecule has 144 valence electrons. The van der Waals surface area contributed by atoms with E-state index in [0.29, 0.717) is 26.2 Å². The van der Waals surface area contributed by atoms with E-state index < -0.39 is 30.7 Å². The van der Waals surface area contributed by atoms with E-state index in [2.05, 4.69) is 10.4 Å². The summed E-state index contributed by atoms with van der Waals surface area (Å²) in [7, 11) is 0. The van der Waals surface area contributed by atoms with Gasteiger partial charge in [-0.05, 0) is 0 Å². The molecular formula is C16H34O7Ti. The van der Waals surface area contributed by atoms with Crippen molar-refractivity contribution in [2.75, 3.05) is 19.8 Å². The maximum absolute atomic E-state index is 11.0. The van der Waals surface area contributed by atoms with Gasteiger partial charge in [0.1, 0.15) is 0 Å². The molecule has 1 unspecified atom stereocenters. The fraction of sp³-hybridized carbons (Fsp3) is 1.00. The van der Waals surface area contributed by atoms with E-state index in [9.17, 15) is 3.32 Å². The molecule has 0 aliphatic heterocycles. The molecule has 0 aliphatic rings. The van der Waals surface area contributed by atoms with Gasteiger partial charge in [-0.2, -0.15) is 0 Å². The second kappa shape index (κ2) is 15.5. The molecule has 0 aromatic carbocycles. The topological polar surface area (TPSA) is 83.5 Å². The Morgan fingerprint density at radius 2 is 1.42 bits per heavy atom. The first-order chi connectivity index (χ1) is 11.6. The van der Waals surface area contributed by atoms with E-state index in [-0.39, 0.29) is 0 Å². The summed E-state index contributed by atoms with van der Waals surface area (Å²) in [5.41, 5.74) is 0. The Hall–Kier alpha value is 0.274. The van der Waals surface area contributed by atoms with Crippen molar-refractivity contribution in [1.82, 2.24) is 0 Å². The predicted octanol–water partition coefficient (Wildman–Crippen LogP) is 3.60. The quantitative estimate of drug-likeness (QED) is 0.134. The van der Waals surface area contributed by atoms with Gasteiger partial charge in [-0.25, -0.2) is 0 Å². The van der Waals surface area contributed by atoms with Crippen LogP contribution in [0.3, 0.4) is 0 Å². The zero-order valence-electron chi connectivity index (χ0n) is 15.5. The monoisotopic (exact) mass is 386 g/mol. The molecule has 0 radical (unpaired) electrons. The molecule has 0 bridgehead atoms. The van der Waals surface area contributed by atoms with Gasteiger partial charge >= 0.3 is 153 Å². The molecule has 1 atom stereocenters. The number of unbranched alkanes of at least 4 members (excludes halogenated alkanes) is 3. The van der Waals surface area contributed by atoms with Gasteiger partial charge in [0.2, 0.25) is 0 Å². The van der Waals surface area contributed by atoms with Gasteiger partial charge in [-0.3, -0.25) is 0 Å². The van der Waals surface area contributed by atoms with Crippen molar-refractivity contribution in [3.8, 4) is 0 Å². The zero-order valence-corrected chi connectivity index (χ0v) is 17.1. The van der Waals surface area contributed by atoms with Crippen LogP contribution in [0.25, 0.3) is 0 Å². The molecule has 0 saturated heterocycles. The van der Waals surface area contributed by atoms with Crippen LogP contribution in [0.15, 0.2) is 0 Å². The summed E-state index contributed by atoms with van der Waals surface area (Å²) in [6, 6.07) is 0. The van der Waals surface area contributed by atoms with Crippen LogP contribution in [0, 0.1) is 0 Å². The zero-order chi connectivity index (χ0) is 18.3. The van der Waals surface area contributed by atoms with Crippen LogP contribution in [0.4, 0.5) is 0 Å². The number of rotatable bonds is 17. The summed E-state index contributed by atoms with van der Waals surface area (Å²) in [5.74, 6) is -1.61. The third-order valence-electron chi connectivity index (χ3n) is 3.41. The molecule has 1 N–H and O–H groups in total. The van der Waals surface area contributed by atoms with Gasteiger partial charge < -0.3 is 0 Å². The minimum absolute atomic E-state index is 0.388. The molecule has 0 aliphatic carbocycles. The van der Waals surface area contributed by atoms with Crippen LogP contribution in [-0.2, 0) is 44.5 Å². The average molecular weight is 386 g/mol. The van der Waals surface area contributed by atoms with Crippen molar-refractivity contribution in [1.29, 1.82) is 0 Å². The Balaban J connectivity index is 5.15. The summed E-state index contributed by atoms with van der Waals surface area (Å²) in [4.78, 5) is 5.21. The Morgan fingerprint density at radius 1 is 0.917 bits per heavy atom. The van der Waals surface area contributed by atoms with Crippen molar-refractivity contribution in [3.63, 3.8) is 0 Å². The summed E-state index contributed by atoms with van der Waals surface area (Å²) in [5, 5.41) is 0. The molecule has 0 amide bonds. The van der Waals surface area contributed by atoms with E-state index in [0.717, 1.165) is 38.5 Å². The Bertz CT molecular complexity index is 305. The van der Waals surface area contributed by atoms with E-state index in [1.165, 1.54) is 0 Å². The standard InChI is InChI=1S/C16H34O5.H2O.O.Ti/c1-5-9-12-18-15(8-4)16(21-17,19-13-10-6-2)20-14-11-7-3;;;/h15,17H,5-14H2,1-4H3;1H2;;/q;;;+2/p-2. The minimum atomic E-state index is -3.88. The van der Waals surface area contributed by atoms with E-state index in [1.807, 2.05) is 20.8 Å². The summed E-state index contributed by atoms with van der Waals surface area (Å²) >= 11 is -3.88. The molecule has 0 saturated carbocycles. The first kappa shape index (κ1) is 24.3. The Labute approximate surface area is 153 Å². The second-order valence-corrected chi connectivity index (χ2v) is 6.65. The van der Waals surface area contributed by atoms with Crippen molar-refractivity contribution < 1.29 is 48.2 Å². The van der Waals surface area contributed by atoms with Gasteiger partial charge in [0.15, 0.2) is 0 Å². The van der Waals surface area contributed by atoms with Gasteiger partial charge in [-0.1, -0.05) is 0 Å². The van der Waals surface area contributed by atoms with Gasteiger partial charge in [0.25, 0.3) is 0 Å². The molecule has 24 heavy (non-hydrogen) atoms. The molecule has 0 heterocycles. The fourth-order valence-corrected chi connectivity index (χ4v) is 2.27. The maximum atomic E-state index is 11.0. The van der Waals surface area contributed by atoms with Crippen LogP contribution in [0.5, 0.6) is 0 Å². The van der Waals surface area contributed by atoms with Crippen LogP contribution in [-0.4, -0.2) is 35.6 Å². The van der Waals surface area contributed by atoms with Crippen LogP contribution in [0.1, 0.15) is 72.6 Å². The molecule has 8 heteroatoms. The van der Waals surface area contributed by atoms with Gasteiger partial charge in [-0.15, -0.1) is 0 Å². The molecular weight excluding hydrogens is 352 g/mol. The summed E-state index contributed by atoms with van der Waals surface area (Å²) in [6.07, 6.45) is 5.43. The third-order valence-corrected chi connectivity index (χ3v) is 3.77. The van der Waals surface area contributed by atoms with Gasteiger partial charge in [0.05, 0.1) is 0 Å². The van der Waals surface area contributed by atoms with Crippen molar-refractivity contribution in [3.05, 3.63) is 0 Å². The van der Waals surface area contributed by atoms with E-state index in [1.54, 1.807) is 0 Å². The Kier molecular flexibility index (Phi) is 15.7. The molecule has 0 aromatic rings. The van der Waals surface area contributed by atoms with Crippen molar-refractivity contribution in [2.24, 2.45) is 0 Å². The SMILES string of the molecule is CCCCOC(CC)C(OCCCC)(OCCCC)O[O][Ti](=[O])[OH]. The first-order valence-corrected chi connectivity index (χ1v) is 11.0. The number of ether oxygens (including phenoxy) is 3. The molecule has 0 aromatic heterocycles. The predicted molar refractivity (Wildman–Crippen MR) is 84.5 cm³/mol. The van der Waals surface area contributed by atoms with E-state index in [4.69, 9.17) is 22.8 Å². The van der Waals surface area contributed by atoms with Crippen molar-refractivity contribution >= 4 is 0 Å². The van der Waals surface area contributed by atoms with Gasteiger partial charge in [0, 0.05) is 0 Å². The first-order valence-electron chi connectivity index (χ1n) is 9.04. The van der Waals surface area contributed by atoms with Crippen LogP contribution < -0.4 is 0 Å². The van der Waals surface area contributed by atoms with Crippen LogP contribution in [0.2, 0.25) is 0 Å².